The zero-order valence-electron chi connectivity index (χ0n) is 24.2. The summed E-state index contributed by atoms with van der Waals surface area (Å²) < 4.78 is 21.1. The number of rotatable bonds is 11. The van der Waals surface area contributed by atoms with Gasteiger partial charge in [0, 0.05) is 12.2 Å². The van der Waals surface area contributed by atoms with E-state index in [9.17, 15) is 19.2 Å². The van der Waals surface area contributed by atoms with Crippen LogP contribution in [0.5, 0.6) is 0 Å². The van der Waals surface area contributed by atoms with Crippen LogP contribution in [-0.4, -0.2) is 61.1 Å². The topological polar surface area (TPSA) is 120 Å². The molecule has 212 valence electrons. The number of hydrogen-bond acceptors (Lipinski definition) is 8. The highest BCUT2D eigenvalue weighted by Crippen LogP contribution is 2.24. The van der Waals surface area contributed by atoms with Gasteiger partial charge in [0.2, 0.25) is 11.5 Å². The maximum atomic E-state index is 13.0. The Hall–Kier alpha value is -3.56. The number of methoxy groups -OCH3 is 2. The first kappa shape index (κ1) is 32.5. The maximum absolute atomic E-state index is 13.0. The molecule has 1 rings (SSSR count). The third-order valence-corrected chi connectivity index (χ3v) is 4.94. The first-order chi connectivity index (χ1) is 17.5. The summed E-state index contributed by atoms with van der Waals surface area (Å²) in [6.07, 6.45) is 0.572. The lowest BCUT2D eigenvalue weighted by molar-refractivity contribution is -0.117. The molecule has 0 radical (unpaired) electrons. The van der Waals surface area contributed by atoms with Crippen molar-refractivity contribution >= 4 is 29.9 Å². The van der Waals surface area contributed by atoms with E-state index in [1.54, 1.807) is 58.6 Å². The second-order valence-electron chi connectivity index (χ2n) is 11.1. The van der Waals surface area contributed by atoms with Gasteiger partial charge in [-0.2, -0.15) is 0 Å². The Morgan fingerprint density at radius 3 is 2.05 bits per heavy atom. The van der Waals surface area contributed by atoms with Gasteiger partial charge in [-0.05, 0) is 71.6 Å². The number of carbonyl (C=O) groups excluding carboxylic acids is 4. The summed E-state index contributed by atoms with van der Waals surface area (Å²) in [6, 6.07) is 4.65. The molecule has 0 heterocycles. The van der Waals surface area contributed by atoms with Crippen molar-refractivity contribution in [2.75, 3.05) is 26.1 Å². The van der Waals surface area contributed by atoms with Crippen LogP contribution in [0.25, 0.3) is 0 Å². The number of allylic oxidation sites excluding steroid dienone is 1. The molecule has 0 bridgehead atoms. The van der Waals surface area contributed by atoms with Crippen LogP contribution in [0.3, 0.4) is 0 Å². The smallest absolute Gasteiger partial charge is 0.410 e. The minimum absolute atomic E-state index is 0.0860. The lowest BCUT2D eigenvalue weighted by atomic mass is 10.1. The molecule has 10 nitrogen and oxygen atoms in total. The molecule has 0 aliphatic rings. The van der Waals surface area contributed by atoms with Crippen LogP contribution in [0.4, 0.5) is 10.5 Å². The average Bonchev–Trinajstić information content (AvgIpc) is 2.78. The van der Waals surface area contributed by atoms with Crippen LogP contribution in [0.2, 0.25) is 0 Å². The second kappa shape index (κ2) is 13.8. The molecule has 1 N–H and O–H groups in total. The molecule has 1 aromatic carbocycles. The Morgan fingerprint density at radius 2 is 1.58 bits per heavy atom. The number of nitrogens with zero attached hydrogens (tertiary/aromatic N) is 1. The average molecular weight is 535 g/mol. The summed E-state index contributed by atoms with van der Waals surface area (Å²) in [6.45, 7) is 15.2. The van der Waals surface area contributed by atoms with Gasteiger partial charge in [-0.1, -0.05) is 19.9 Å². The van der Waals surface area contributed by atoms with Crippen LogP contribution in [0, 0.1) is 5.92 Å². The van der Waals surface area contributed by atoms with E-state index in [1.807, 2.05) is 13.8 Å². The Bertz CT molecular complexity index is 1030. The number of hydrogen-bond donors (Lipinski definition) is 1. The van der Waals surface area contributed by atoms with Gasteiger partial charge in [-0.3, -0.25) is 9.59 Å². The quantitative estimate of drug-likeness (QED) is 0.181. The molecule has 0 spiro atoms. The lowest BCUT2D eigenvalue weighted by Crippen LogP contribution is -2.37. The first-order valence-corrected chi connectivity index (χ1v) is 12.4. The van der Waals surface area contributed by atoms with E-state index in [4.69, 9.17) is 18.9 Å². The molecule has 0 fully saturated rings. The normalized spacial score (nSPS) is 12.3. The summed E-state index contributed by atoms with van der Waals surface area (Å²) in [4.78, 5) is 51.7. The van der Waals surface area contributed by atoms with E-state index in [-0.39, 0.29) is 29.3 Å². The van der Waals surface area contributed by atoms with E-state index in [1.165, 1.54) is 20.3 Å². The number of esters is 1. The molecule has 0 aromatic heterocycles. The molecular weight excluding hydrogens is 492 g/mol. The summed E-state index contributed by atoms with van der Waals surface area (Å²) in [7, 11) is 2.46. The van der Waals surface area contributed by atoms with E-state index >= 15 is 0 Å². The third-order valence-electron chi connectivity index (χ3n) is 4.94. The Balaban J connectivity index is 3.54. The molecule has 0 aliphatic carbocycles. The standard InChI is InChI=1S/C28H42N2O8/c1-18(2)13-14-30(26(34)38-28(6,7)8)16-20-12-11-19(25(33)37-27(3,4)5)15-21(20)29-24(32)23(36-10)22(17-31)35-9/h11-12,15,17-18H,13-14,16H2,1-10H3,(H,29,32)/b23-22+. The van der Waals surface area contributed by atoms with Crippen LogP contribution in [-0.2, 0) is 35.1 Å². The molecule has 0 aliphatic heterocycles. The fourth-order valence-corrected chi connectivity index (χ4v) is 3.15. The van der Waals surface area contributed by atoms with E-state index in [0.717, 1.165) is 6.42 Å². The fraction of sp³-hybridized carbons (Fsp3) is 0.571. The molecule has 0 unspecified atom stereocenters. The molecule has 1 aromatic rings. The zero-order valence-corrected chi connectivity index (χ0v) is 24.2. The second-order valence-corrected chi connectivity index (χ2v) is 11.1. The largest absolute Gasteiger partial charge is 0.490 e. The van der Waals surface area contributed by atoms with Crippen molar-refractivity contribution in [1.82, 2.24) is 4.90 Å². The highest BCUT2D eigenvalue weighted by atomic mass is 16.6. The summed E-state index contributed by atoms with van der Waals surface area (Å²) >= 11 is 0. The van der Waals surface area contributed by atoms with Crippen molar-refractivity contribution in [3.8, 4) is 0 Å². The van der Waals surface area contributed by atoms with Crippen molar-refractivity contribution in [1.29, 1.82) is 0 Å². The molecule has 0 saturated carbocycles. The number of benzene rings is 1. The lowest BCUT2D eigenvalue weighted by Gasteiger charge is -2.29. The molecular formula is C28H42N2O8. The minimum Gasteiger partial charge on any atom is -0.490 e. The van der Waals surface area contributed by atoms with Crippen molar-refractivity contribution in [3.63, 3.8) is 0 Å². The van der Waals surface area contributed by atoms with E-state index in [2.05, 4.69) is 5.32 Å². The Morgan fingerprint density at radius 1 is 0.974 bits per heavy atom. The van der Waals surface area contributed by atoms with Crippen molar-refractivity contribution in [2.24, 2.45) is 5.92 Å². The Kier molecular flexibility index (Phi) is 11.8. The van der Waals surface area contributed by atoms with Gasteiger partial charge in [0.1, 0.15) is 11.2 Å². The molecule has 38 heavy (non-hydrogen) atoms. The molecule has 0 saturated heterocycles. The highest BCUT2D eigenvalue weighted by molar-refractivity contribution is 6.06. The van der Waals surface area contributed by atoms with Gasteiger partial charge in [-0.15, -0.1) is 0 Å². The molecule has 2 amide bonds. The third kappa shape index (κ3) is 10.8. The number of amides is 2. The number of ether oxygens (including phenoxy) is 4. The summed E-state index contributed by atoms with van der Waals surface area (Å²) in [5, 5.41) is 2.68. The number of anilines is 1. The predicted octanol–water partition coefficient (Wildman–Crippen LogP) is 5.07. The minimum atomic E-state index is -0.773. The predicted molar refractivity (Wildman–Crippen MR) is 143 cm³/mol. The van der Waals surface area contributed by atoms with Gasteiger partial charge < -0.3 is 29.2 Å². The van der Waals surface area contributed by atoms with Gasteiger partial charge >= 0.3 is 12.1 Å². The Labute approximate surface area is 225 Å². The zero-order chi connectivity index (χ0) is 29.3. The number of nitrogens with one attached hydrogen (secondary N) is 1. The molecule has 0 atom stereocenters. The summed E-state index contributed by atoms with van der Waals surface area (Å²) in [5.41, 5.74) is -0.482. The van der Waals surface area contributed by atoms with Crippen LogP contribution in [0.1, 0.15) is 77.7 Å². The van der Waals surface area contributed by atoms with Gasteiger partial charge in [0.05, 0.1) is 26.3 Å². The van der Waals surface area contributed by atoms with E-state index in [0.29, 0.717) is 24.3 Å². The van der Waals surface area contributed by atoms with Crippen LogP contribution >= 0.6 is 0 Å². The molecule has 10 heteroatoms. The van der Waals surface area contributed by atoms with Crippen molar-refractivity contribution in [3.05, 3.63) is 40.8 Å². The van der Waals surface area contributed by atoms with Crippen LogP contribution < -0.4 is 5.32 Å². The summed E-state index contributed by atoms with van der Waals surface area (Å²) in [5.74, 6) is -1.68. The van der Waals surface area contributed by atoms with Gasteiger partial charge in [-0.25, -0.2) is 9.59 Å². The first-order valence-electron chi connectivity index (χ1n) is 12.4. The monoisotopic (exact) mass is 534 g/mol. The van der Waals surface area contributed by atoms with Crippen LogP contribution in [0.15, 0.2) is 29.7 Å². The van der Waals surface area contributed by atoms with Gasteiger partial charge in [0.25, 0.3) is 5.91 Å². The highest BCUT2D eigenvalue weighted by Gasteiger charge is 2.26. The maximum Gasteiger partial charge on any atom is 0.410 e. The van der Waals surface area contributed by atoms with Crippen molar-refractivity contribution < 1.29 is 38.1 Å². The number of carbonyl (C=O) groups is 4. The number of aldehydes is 1. The van der Waals surface area contributed by atoms with Gasteiger partial charge in [0.15, 0.2) is 6.29 Å². The van der Waals surface area contributed by atoms with Crippen molar-refractivity contribution in [2.45, 2.75) is 79.6 Å². The SMILES string of the molecule is CO/C(C=O)=C(/OC)C(=O)Nc1cc(C(=O)OC(C)(C)C)ccc1CN(CCC(C)C)C(=O)OC(C)(C)C. The van der Waals surface area contributed by atoms with E-state index < -0.39 is 29.2 Å². The fourth-order valence-electron chi connectivity index (χ4n) is 3.15.